The lowest BCUT2D eigenvalue weighted by Gasteiger charge is -1.97. The van der Waals surface area contributed by atoms with E-state index < -0.39 is 5.91 Å². The number of nitrogens with two attached hydrogens (primary N) is 1. The van der Waals surface area contributed by atoms with Crippen molar-refractivity contribution >= 4 is 35.1 Å². The quantitative estimate of drug-likeness (QED) is 0.436. The highest BCUT2D eigenvalue weighted by molar-refractivity contribution is 6.04. The molecule has 0 aliphatic heterocycles. The second kappa shape index (κ2) is 5.96. The van der Waals surface area contributed by atoms with Gasteiger partial charge in [0.2, 0.25) is 5.96 Å². The van der Waals surface area contributed by atoms with Crippen LogP contribution in [0.25, 0.3) is 17.2 Å². The van der Waals surface area contributed by atoms with Crippen LogP contribution in [0, 0.1) is 0 Å². The molecule has 0 aliphatic carbocycles. The van der Waals surface area contributed by atoms with E-state index in [-0.39, 0.29) is 12.0 Å². The van der Waals surface area contributed by atoms with Crippen LogP contribution in [0.1, 0.15) is 5.76 Å². The highest BCUT2D eigenvalue weighted by Crippen LogP contribution is 2.17. The third-order valence-corrected chi connectivity index (χ3v) is 2.69. The Labute approximate surface area is 125 Å². The molecule has 3 aromatic rings. The van der Waals surface area contributed by atoms with Crippen LogP contribution < -0.4 is 11.1 Å². The molecular weight excluding hydrogens is 284 g/mol. The molecule has 0 saturated heterocycles. The van der Waals surface area contributed by atoms with Gasteiger partial charge in [-0.1, -0.05) is 12.1 Å². The van der Waals surface area contributed by atoms with E-state index in [1.54, 1.807) is 24.3 Å². The third-order valence-electron chi connectivity index (χ3n) is 2.69. The van der Waals surface area contributed by atoms with Gasteiger partial charge < -0.3 is 14.6 Å². The fourth-order valence-corrected chi connectivity index (χ4v) is 1.76. The zero-order chi connectivity index (χ0) is 15.4. The van der Waals surface area contributed by atoms with Gasteiger partial charge in [-0.05, 0) is 30.3 Å². The number of nitrogens with zero attached hydrogens (tertiary/aromatic N) is 2. The van der Waals surface area contributed by atoms with Gasteiger partial charge >= 0.3 is 6.01 Å². The van der Waals surface area contributed by atoms with Crippen molar-refractivity contribution in [1.29, 1.82) is 0 Å². The van der Waals surface area contributed by atoms with Crippen LogP contribution in [0.4, 0.5) is 6.01 Å². The van der Waals surface area contributed by atoms with Crippen molar-refractivity contribution in [2.45, 2.75) is 0 Å². The number of benzene rings is 1. The summed E-state index contributed by atoms with van der Waals surface area (Å²) in [7, 11) is 0. The van der Waals surface area contributed by atoms with Gasteiger partial charge in [-0.3, -0.25) is 10.1 Å². The molecule has 3 N–H and O–H groups in total. The van der Waals surface area contributed by atoms with Crippen molar-refractivity contribution in [3.63, 3.8) is 0 Å². The molecule has 7 nitrogen and oxygen atoms in total. The van der Waals surface area contributed by atoms with Crippen LogP contribution in [-0.4, -0.2) is 16.9 Å². The molecule has 0 aliphatic rings. The Kier molecular flexibility index (Phi) is 3.69. The lowest BCUT2D eigenvalue weighted by atomic mass is 10.3. The molecule has 1 aromatic carbocycles. The number of anilines is 1. The molecule has 2 heterocycles. The number of hydrogen-bond donors (Lipinski definition) is 2. The summed E-state index contributed by atoms with van der Waals surface area (Å²) in [6.45, 7) is 0. The van der Waals surface area contributed by atoms with E-state index in [9.17, 15) is 4.79 Å². The Hall–Kier alpha value is -3.35. The zero-order valence-electron chi connectivity index (χ0n) is 11.4. The lowest BCUT2D eigenvalue weighted by molar-refractivity contribution is -0.113. The summed E-state index contributed by atoms with van der Waals surface area (Å²) in [6.07, 6.45) is 4.26. The van der Waals surface area contributed by atoms with Crippen molar-refractivity contribution in [2.24, 2.45) is 10.7 Å². The van der Waals surface area contributed by atoms with Crippen LogP contribution >= 0.6 is 0 Å². The summed E-state index contributed by atoms with van der Waals surface area (Å²) in [4.78, 5) is 19.4. The molecule has 0 fully saturated rings. The van der Waals surface area contributed by atoms with Crippen LogP contribution in [0.5, 0.6) is 0 Å². The van der Waals surface area contributed by atoms with Crippen molar-refractivity contribution in [2.75, 3.05) is 5.32 Å². The number of nitrogens with one attached hydrogen (secondary N) is 1. The minimum atomic E-state index is -0.530. The fourth-order valence-electron chi connectivity index (χ4n) is 1.76. The van der Waals surface area contributed by atoms with Gasteiger partial charge in [0.05, 0.1) is 6.26 Å². The standard InChI is InChI=1S/C15H12N4O3/c16-14(18-13(20)8-7-10-4-3-9-21-10)19-15-17-11-5-1-2-6-12(11)22-15/h1-9H,(H3,16,17,18,19,20)/b8-7+. The van der Waals surface area contributed by atoms with Gasteiger partial charge in [-0.15, -0.1) is 0 Å². The van der Waals surface area contributed by atoms with E-state index in [1.807, 2.05) is 12.1 Å². The van der Waals surface area contributed by atoms with Gasteiger partial charge in [0, 0.05) is 6.08 Å². The van der Waals surface area contributed by atoms with E-state index in [1.165, 1.54) is 18.4 Å². The minimum absolute atomic E-state index is 0.111. The number of carbonyl (C=O) groups excluding carboxylic acids is 1. The normalized spacial score (nSPS) is 12.1. The molecule has 0 atom stereocenters. The molecule has 3 rings (SSSR count). The maximum absolute atomic E-state index is 11.6. The van der Waals surface area contributed by atoms with E-state index >= 15 is 0 Å². The largest absolute Gasteiger partial charge is 0.465 e. The van der Waals surface area contributed by atoms with Gasteiger partial charge in [0.15, 0.2) is 5.58 Å². The van der Waals surface area contributed by atoms with Crippen molar-refractivity contribution in [3.05, 3.63) is 54.5 Å². The summed E-state index contributed by atoms with van der Waals surface area (Å²) in [5.41, 5.74) is 6.93. The Balaban J connectivity index is 1.67. The maximum Gasteiger partial charge on any atom is 0.302 e. The molecule has 0 unspecified atom stereocenters. The van der Waals surface area contributed by atoms with Gasteiger partial charge in [-0.25, -0.2) is 0 Å². The molecule has 22 heavy (non-hydrogen) atoms. The first-order valence-electron chi connectivity index (χ1n) is 6.43. The Morgan fingerprint density at radius 2 is 2.14 bits per heavy atom. The van der Waals surface area contributed by atoms with Crippen molar-refractivity contribution < 1.29 is 13.6 Å². The number of amides is 1. The Morgan fingerprint density at radius 3 is 2.91 bits per heavy atom. The second-order valence-electron chi connectivity index (χ2n) is 4.30. The number of hydrogen-bond acceptors (Lipinski definition) is 4. The zero-order valence-corrected chi connectivity index (χ0v) is 11.4. The molecule has 0 bridgehead atoms. The number of oxazole rings is 1. The number of fused-ring (bicyclic) bond motifs is 1. The topological polar surface area (TPSA) is 107 Å². The summed E-state index contributed by atoms with van der Waals surface area (Å²) in [6, 6.07) is 10.9. The molecule has 1 amide bonds. The van der Waals surface area contributed by atoms with Gasteiger partial charge in [0.25, 0.3) is 5.91 Å². The summed E-state index contributed by atoms with van der Waals surface area (Å²) < 4.78 is 10.5. The summed E-state index contributed by atoms with van der Waals surface area (Å²) in [5, 5.41) is 2.63. The maximum atomic E-state index is 11.6. The number of para-hydroxylation sites is 2. The number of furan rings is 1. The highest BCUT2D eigenvalue weighted by atomic mass is 16.4. The van der Waals surface area contributed by atoms with Crippen molar-refractivity contribution in [1.82, 2.24) is 4.98 Å². The number of aromatic nitrogens is 1. The number of guanidine groups is 1. The third kappa shape index (κ3) is 3.21. The minimum Gasteiger partial charge on any atom is -0.465 e. The SMILES string of the molecule is N/C(=N\C(=O)/C=C/c1ccco1)Nc1nc2ccccc2o1. The van der Waals surface area contributed by atoms with E-state index in [2.05, 4.69) is 15.3 Å². The Morgan fingerprint density at radius 1 is 1.27 bits per heavy atom. The van der Waals surface area contributed by atoms with Crippen LogP contribution in [0.15, 0.2) is 62.6 Å². The predicted octanol–water partition coefficient (Wildman–Crippen LogP) is 2.39. The first kappa shape index (κ1) is 13.6. The predicted molar refractivity (Wildman–Crippen MR) is 82.0 cm³/mol. The number of carbonyl (C=O) groups is 1. The first-order chi connectivity index (χ1) is 10.7. The monoisotopic (exact) mass is 296 g/mol. The average molecular weight is 296 g/mol. The van der Waals surface area contributed by atoms with E-state index in [0.717, 1.165) is 0 Å². The Bertz CT molecular complexity index is 814. The first-order valence-corrected chi connectivity index (χ1v) is 6.43. The second-order valence-corrected chi connectivity index (χ2v) is 4.30. The molecular formula is C15H12N4O3. The van der Waals surface area contributed by atoms with E-state index in [0.29, 0.717) is 16.9 Å². The number of aliphatic imine (C=N–C) groups is 1. The highest BCUT2D eigenvalue weighted by Gasteiger charge is 2.06. The van der Waals surface area contributed by atoms with Crippen molar-refractivity contribution in [3.8, 4) is 0 Å². The van der Waals surface area contributed by atoms with Crippen LogP contribution in [0.2, 0.25) is 0 Å². The average Bonchev–Trinajstić information content (AvgIpc) is 3.13. The molecule has 2 aromatic heterocycles. The van der Waals surface area contributed by atoms with E-state index in [4.69, 9.17) is 14.6 Å². The molecule has 7 heteroatoms. The van der Waals surface area contributed by atoms with Crippen LogP contribution in [-0.2, 0) is 4.79 Å². The van der Waals surface area contributed by atoms with Gasteiger partial charge in [0.1, 0.15) is 11.3 Å². The molecule has 0 saturated carbocycles. The lowest BCUT2D eigenvalue weighted by Crippen LogP contribution is -2.23. The smallest absolute Gasteiger partial charge is 0.302 e. The number of rotatable bonds is 3. The fraction of sp³-hybridized carbons (Fsp3) is 0. The van der Waals surface area contributed by atoms with Crippen LogP contribution in [0.3, 0.4) is 0 Å². The van der Waals surface area contributed by atoms with Gasteiger partial charge in [-0.2, -0.15) is 9.98 Å². The summed E-state index contributed by atoms with van der Waals surface area (Å²) >= 11 is 0. The molecule has 110 valence electrons. The molecule has 0 radical (unpaired) electrons. The molecule has 0 spiro atoms. The summed E-state index contributed by atoms with van der Waals surface area (Å²) in [5.74, 6) is -0.0906.